The number of aromatic nitrogens is 3. The van der Waals surface area contributed by atoms with Crippen molar-refractivity contribution in [2.75, 3.05) is 20.7 Å². The van der Waals surface area contributed by atoms with Crippen LogP contribution in [0.3, 0.4) is 0 Å². The second-order valence-electron chi connectivity index (χ2n) is 8.36. The standard InChI is InChI=1S/C22H31ClN6O/c1-24-21(26-18-9-10-20-27-19(14-30-2)28-29(20)13-18)25-15-22(11-3-4-12-22)16-5-7-17(23)8-6-16/h5-8,18H,3-4,9-15H2,1-2H3,(H2,24,25,26). The first-order valence-corrected chi connectivity index (χ1v) is 11.1. The van der Waals surface area contributed by atoms with E-state index in [-0.39, 0.29) is 11.5 Å². The lowest BCUT2D eigenvalue weighted by Gasteiger charge is -2.32. The van der Waals surface area contributed by atoms with Gasteiger partial charge < -0.3 is 15.4 Å². The summed E-state index contributed by atoms with van der Waals surface area (Å²) in [6.07, 6.45) is 6.81. The van der Waals surface area contributed by atoms with Crippen molar-refractivity contribution in [2.45, 2.75) is 63.1 Å². The van der Waals surface area contributed by atoms with Gasteiger partial charge in [0.1, 0.15) is 12.4 Å². The molecule has 2 heterocycles. The quantitative estimate of drug-likeness (QED) is 0.544. The van der Waals surface area contributed by atoms with Crippen LogP contribution in [0.4, 0.5) is 0 Å². The van der Waals surface area contributed by atoms with Crippen LogP contribution in [0.15, 0.2) is 29.3 Å². The molecule has 0 spiro atoms. The third-order valence-electron chi connectivity index (χ3n) is 6.35. The van der Waals surface area contributed by atoms with Gasteiger partial charge in [-0.25, -0.2) is 9.67 Å². The highest BCUT2D eigenvalue weighted by Gasteiger charge is 2.36. The molecule has 30 heavy (non-hydrogen) atoms. The van der Waals surface area contributed by atoms with E-state index in [0.29, 0.717) is 6.61 Å². The van der Waals surface area contributed by atoms with Crippen LogP contribution in [0.1, 0.15) is 49.3 Å². The Bertz CT molecular complexity index is 872. The third kappa shape index (κ3) is 4.62. The number of nitrogens with one attached hydrogen (secondary N) is 2. The van der Waals surface area contributed by atoms with E-state index in [1.54, 1.807) is 7.11 Å². The molecule has 1 aliphatic carbocycles. The number of halogens is 1. The predicted octanol–water partition coefficient (Wildman–Crippen LogP) is 3.07. The molecule has 2 aromatic rings. The zero-order valence-electron chi connectivity index (χ0n) is 17.8. The highest BCUT2D eigenvalue weighted by Crippen LogP contribution is 2.40. The Kier molecular flexibility index (Phi) is 6.58. The summed E-state index contributed by atoms with van der Waals surface area (Å²) < 4.78 is 7.15. The summed E-state index contributed by atoms with van der Waals surface area (Å²) in [4.78, 5) is 9.04. The summed E-state index contributed by atoms with van der Waals surface area (Å²) >= 11 is 6.11. The maximum Gasteiger partial charge on any atom is 0.191 e. The summed E-state index contributed by atoms with van der Waals surface area (Å²) in [5.41, 5.74) is 1.51. The minimum atomic E-state index is 0.142. The lowest BCUT2D eigenvalue weighted by molar-refractivity contribution is 0.177. The Morgan fingerprint density at radius 3 is 2.77 bits per heavy atom. The van der Waals surface area contributed by atoms with Crippen molar-refractivity contribution in [3.05, 3.63) is 46.5 Å². The lowest BCUT2D eigenvalue weighted by atomic mass is 9.79. The monoisotopic (exact) mass is 430 g/mol. The summed E-state index contributed by atoms with van der Waals surface area (Å²) in [6.45, 7) is 2.11. The molecular weight excluding hydrogens is 400 g/mol. The van der Waals surface area contributed by atoms with Gasteiger partial charge >= 0.3 is 0 Å². The summed E-state index contributed by atoms with van der Waals surface area (Å²) in [6, 6.07) is 8.63. The number of fused-ring (bicyclic) bond motifs is 1. The molecule has 1 aromatic carbocycles. The molecular formula is C22H31ClN6O. The van der Waals surface area contributed by atoms with Gasteiger partial charge in [-0.15, -0.1) is 0 Å². The fraction of sp³-hybridized carbons (Fsp3) is 0.591. The largest absolute Gasteiger partial charge is 0.377 e. The summed E-state index contributed by atoms with van der Waals surface area (Å²) in [5.74, 6) is 2.64. The van der Waals surface area contributed by atoms with Crippen LogP contribution in [0.5, 0.6) is 0 Å². The fourth-order valence-electron chi connectivity index (χ4n) is 4.73. The minimum absolute atomic E-state index is 0.142. The molecule has 162 valence electrons. The zero-order valence-corrected chi connectivity index (χ0v) is 18.6. The van der Waals surface area contributed by atoms with Gasteiger partial charge in [-0.2, -0.15) is 5.10 Å². The Morgan fingerprint density at radius 1 is 1.30 bits per heavy atom. The van der Waals surface area contributed by atoms with Crippen molar-refractivity contribution in [3.63, 3.8) is 0 Å². The summed E-state index contributed by atoms with van der Waals surface area (Å²) in [7, 11) is 3.50. The number of guanidine groups is 1. The van der Waals surface area contributed by atoms with Crippen molar-refractivity contribution in [2.24, 2.45) is 4.99 Å². The van der Waals surface area contributed by atoms with Gasteiger partial charge in [-0.3, -0.25) is 4.99 Å². The summed E-state index contributed by atoms with van der Waals surface area (Å²) in [5, 5.41) is 12.5. The number of methoxy groups -OCH3 is 1. The van der Waals surface area contributed by atoms with Gasteiger partial charge in [0.05, 0.1) is 6.54 Å². The maximum absolute atomic E-state index is 6.11. The minimum Gasteiger partial charge on any atom is -0.377 e. The second kappa shape index (κ2) is 9.35. The molecule has 0 radical (unpaired) electrons. The number of hydrogen-bond acceptors (Lipinski definition) is 4. The molecule has 4 rings (SSSR count). The van der Waals surface area contributed by atoms with E-state index in [1.165, 1.54) is 31.2 Å². The molecule has 1 aliphatic heterocycles. The van der Waals surface area contributed by atoms with Crippen LogP contribution in [-0.2, 0) is 29.7 Å². The molecule has 1 atom stereocenters. The Morgan fingerprint density at radius 2 is 2.07 bits per heavy atom. The van der Waals surface area contributed by atoms with Crippen LogP contribution < -0.4 is 10.6 Å². The topological polar surface area (TPSA) is 76.4 Å². The predicted molar refractivity (Wildman–Crippen MR) is 119 cm³/mol. The number of rotatable bonds is 6. The van der Waals surface area contributed by atoms with Crippen LogP contribution in [0.2, 0.25) is 5.02 Å². The van der Waals surface area contributed by atoms with E-state index >= 15 is 0 Å². The van der Waals surface area contributed by atoms with E-state index in [0.717, 1.165) is 48.6 Å². The first-order valence-electron chi connectivity index (χ1n) is 10.8. The van der Waals surface area contributed by atoms with E-state index in [9.17, 15) is 0 Å². The van der Waals surface area contributed by atoms with E-state index in [4.69, 9.17) is 16.3 Å². The lowest BCUT2D eigenvalue weighted by Crippen LogP contribution is -2.50. The van der Waals surface area contributed by atoms with Crippen molar-refractivity contribution in [1.29, 1.82) is 0 Å². The SMILES string of the molecule is CN=C(NCC1(c2ccc(Cl)cc2)CCCC1)NC1CCc2nc(COC)nn2C1. The maximum atomic E-state index is 6.11. The molecule has 2 aliphatic rings. The van der Waals surface area contributed by atoms with Gasteiger partial charge in [0, 0.05) is 43.6 Å². The fourth-order valence-corrected chi connectivity index (χ4v) is 4.86. The average Bonchev–Trinajstić information content (AvgIpc) is 3.39. The van der Waals surface area contributed by atoms with Crippen LogP contribution in [0, 0.1) is 0 Å². The highest BCUT2D eigenvalue weighted by atomic mass is 35.5. The number of aliphatic imine (C=N–C) groups is 1. The number of benzene rings is 1. The number of hydrogen-bond donors (Lipinski definition) is 2. The van der Waals surface area contributed by atoms with Gasteiger partial charge in [0.2, 0.25) is 0 Å². The van der Waals surface area contributed by atoms with E-state index in [2.05, 4.69) is 37.8 Å². The molecule has 0 bridgehead atoms. The van der Waals surface area contributed by atoms with Crippen molar-refractivity contribution >= 4 is 17.6 Å². The van der Waals surface area contributed by atoms with E-state index in [1.807, 2.05) is 23.9 Å². The average molecular weight is 431 g/mol. The normalized spacial score (nSPS) is 20.8. The number of aryl methyl sites for hydroxylation is 1. The number of nitrogens with zero attached hydrogens (tertiary/aromatic N) is 4. The molecule has 0 saturated heterocycles. The van der Waals surface area contributed by atoms with Crippen molar-refractivity contribution < 1.29 is 4.74 Å². The number of ether oxygens (including phenoxy) is 1. The van der Waals surface area contributed by atoms with Gasteiger partial charge in [0.25, 0.3) is 0 Å². The molecule has 1 aromatic heterocycles. The second-order valence-corrected chi connectivity index (χ2v) is 8.80. The first kappa shape index (κ1) is 21.1. The first-order chi connectivity index (χ1) is 14.6. The molecule has 1 saturated carbocycles. The van der Waals surface area contributed by atoms with Crippen LogP contribution in [0.25, 0.3) is 0 Å². The Hall–Kier alpha value is -2.12. The Balaban J connectivity index is 1.38. The zero-order chi connectivity index (χ0) is 21.0. The van der Waals surface area contributed by atoms with E-state index < -0.39 is 0 Å². The van der Waals surface area contributed by atoms with Gasteiger partial charge in [0.15, 0.2) is 11.8 Å². The van der Waals surface area contributed by atoms with Crippen molar-refractivity contribution in [3.8, 4) is 0 Å². The van der Waals surface area contributed by atoms with Crippen molar-refractivity contribution in [1.82, 2.24) is 25.4 Å². The van der Waals surface area contributed by atoms with Crippen LogP contribution in [-0.4, -0.2) is 47.5 Å². The smallest absolute Gasteiger partial charge is 0.191 e. The molecule has 7 nitrogen and oxygen atoms in total. The molecule has 2 N–H and O–H groups in total. The van der Waals surface area contributed by atoms with Crippen LogP contribution >= 0.6 is 11.6 Å². The van der Waals surface area contributed by atoms with Gasteiger partial charge in [-0.1, -0.05) is 36.6 Å². The molecule has 1 fully saturated rings. The molecule has 8 heteroatoms. The molecule has 1 unspecified atom stereocenters. The Labute approximate surface area is 183 Å². The van der Waals surface area contributed by atoms with Gasteiger partial charge in [-0.05, 0) is 37.0 Å². The highest BCUT2D eigenvalue weighted by molar-refractivity contribution is 6.30. The molecule has 0 amide bonds. The third-order valence-corrected chi connectivity index (χ3v) is 6.60.